The number of aryl methyl sites for hydroxylation is 1. The Hall–Kier alpha value is -4.21. The molecular weight excluding hydrogens is 427 g/mol. The predicted molar refractivity (Wildman–Crippen MR) is 121 cm³/mol. The molecule has 0 atom stereocenters. The smallest absolute Gasteiger partial charge is 0.326 e. The predicted octanol–water partition coefficient (Wildman–Crippen LogP) is 5.34. The van der Waals surface area contributed by atoms with E-state index in [0.29, 0.717) is 17.1 Å². The third-order valence-electron chi connectivity index (χ3n) is 4.66. The largest absolute Gasteiger partial charge is 0.454 e. The van der Waals surface area contributed by atoms with Gasteiger partial charge in [-0.25, -0.2) is 9.18 Å². The van der Waals surface area contributed by atoms with Crippen LogP contribution < -0.4 is 15.4 Å². The molecular formula is C23H23FN6O3. The molecule has 0 spiro atoms. The minimum Gasteiger partial charge on any atom is -0.454 e. The van der Waals surface area contributed by atoms with Crippen LogP contribution in [-0.2, 0) is 12.5 Å². The fraction of sp³-hybridized carbons (Fsp3) is 0.217. The number of halogens is 1. The SMILES string of the molecule is Cn1cc(-c2cc(Oc3ccc(NC(=O)Nc4cc(C(C)(C)C)no4)cc3F)ccn2)cn1. The Bertz CT molecular complexity index is 1290. The summed E-state index contributed by atoms with van der Waals surface area (Å²) in [6.07, 6.45) is 5.08. The quantitative estimate of drug-likeness (QED) is 0.425. The molecule has 0 radical (unpaired) electrons. The van der Waals surface area contributed by atoms with E-state index in [1.807, 2.05) is 34.0 Å². The monoisotopic (exact) mass is 450 g/mol. The maximum absolute atomic E-state index is 14.6. The van der Waals surface area contributed by atoms with Gasteiger partial charge in [-0.15, -0.1) is 0 Å². The van der Waals surface area contributed by atoms with E-state index >= 15 is 0 Å². The Labute approximate surface area is 189 Å². The number of nitrogens with zero attached hydrogens (tertiary/aromatic N) is 4. The van der Waals surface area contributed by atoms with Gasteiger partial charge in [-0.3, -0.25) is 15.0 Å². The molecule has 170 valence electrons. The van der Waals surface area contributed by atoms with Crippen LogP contribution in [-0.4, -0.2) is 26.0 Å². The van der Waals surface area contributed by atoms with Gasteiger partial charge in [0.25, 0.3) is 0 Å². The standard InChI is InChI=1S/C23H23FN6O3/c1-23(2,3)20-11-21(33-29-20)28-22(31)27-15-5-6-19(17(24)9-15)32-16-7-8-25-18(10-16)14-12-26-30(4)13-14/h5-13H,1-4H3,(H2,27,28,31). The van der Waals surface area contributed by atoms with Crippen LogP contribution in [0.3, 0.4) is 0 Å². The van der Waals surface area contributed by atoms with Crippen molar-refractivity contribution in [3.05, 3.63) is 66.5 Å². The molecule has 0 bridgehead atoms. The highest BCUT2D eigenvalue weighted by Crippen LogP contribution is 2.29. The summed E-state index contributed by atoms with van der Waals surface area (Å²) in [6.45, 7) is 5.94. The molecule has 2 N–H and O–H groups in total. The van der Waals surface area contributed by atoms with E-state index < -0.39 is 11.8 Å². The molecule has 0 saturated heterocycles. The number of urea groups is 1. The lowest BCUT2D eigenvalue weighted by molar-refractivity contribution is 0.261. The molecule has 0 saturated carbocycles. The zero-order chi connectivity index (χ0) is 23.6. The first-order valence-corrected chi connectivity index (χ1v) is 10.1. The van der Waals surface area contributed by atoms with Gasteiger partial charge in [0.2, 0.25) is 5.88 Å². The number of hydrogen-bond donors (Lipinski definition) is 2. The van der Waals surface area contributed by atoms with Gasteiger partial charge in [0.15, 0.2) is 11.6 Å². The second kappa shape index (κ2) is 8.73. The van der Waals surface area contributed by atoms with Gasteiger partial charge in [0.05, 0.1) is 17.6 Å². The second-order valence-electron chi connectivity index (χ2n) is 8.43. The van der Waals surface area contributed by atoms with Crippen LogP contribution in [0.4, 0.5) is 20.8 Å². The number of anilines is 2. The lowest BCUT2D eigenvalue weighted by atomic mass is 9.92. The van der Waals surface area contributed by atoms with Gasteiger partial charge in [-0.05, 0) is 18.2 Å². The summed E-state index contributed by atoms with van der Waals surface area (Å²) in [5, 5.41) is 13.1. The molecule has 4 aromatic rings. The molecule has 1 aromatic carbocycles. The average molecular weight is 450 g/mol. The number of amides is 2. The third kappa shape index (κ3) is 5.35. The van der Waals surface area contributed by atoms with Gasteiger partial charge in [0.1, 0.15) is 5.75 Å². The van der Waals surface area contributed by atoms with Gasteiger partial charge in [-0.1, -0.05) is 25.9 Å². The molecule has 3 heterocycles. The van der Waals surface area contributed by atoms with E-state index in [9.17, 15) is 9.18 Å². The minimum atomic E-state index is -0.637. The zero-order valence-electron chi connectivity index (χ0n) is 18.6. The van der Waals surface area contributed by atoms with Crippen molar-refractivity contribution in [3.8, 4) is 22.8 Å². The molecule has 0 aliphatic heterocycles. The van der Waals surface area contributed by atoms with Crippen molar-refractivity contribution in [3.63, 3.8) is 0 Å². The number of rotatable bonds is 5. The summed E-state index contributed by atoms with van der Waals surface area (Å²) < 4.78 is 27.1. The number of carbonyl (C=O) groups excluding carboxylic acids is 1. The maximum Gasteiger partial charge on any atom is 0.326 e. The van der Waals surface area contributed by atoms with E-state index in [1.54, 1.807) is 35.3 Å². The lowest BCUT2D eigenvalue weighted by Crippen LogP contribution is -2.19. The van der Waals surface area contributed by atoms with Crippen LogP contribution in [0.2, 0.25) is 0 Å². The number of aromatic nitrogens is 4. The molecule has 4 rings (SSSR count). The molecule has 0 unspecified atom stereocenters. The highest BCUT2D eigenvalue weighted by molar-refractivity contribution is 5.98. The molecule has 9 nitrogen and oxygen atoms in total. The number of ether oxygens (including phenoxy) is 1. The van der Waals surface area contributed by atoms with E-state index in [1.165, 1.54) is 18.2 Å². The Morgan fingerprint density at radius 1 is 1.15 bits per heavy atom. The minimum absolute atomic E-state index is 0.00866. The Balaban J connectivity index is 1.41. The Morgan fingerprint density at radius 3 is 2.64 bits per heavy atom. The Morgan fingerprint density at radius 2 is 1.97 bits per heavy atom. The molecule has 10 heteroatoms. The van der Waals surface area contributed by atoms with E-state index in [2.05, 4.69) is 25.9 Å². The van der Waals surface area contributed by atoms with E-state index in [-0.39, 0.29) is 22.7 Å². The summed E-state index contributed by atoms with van der Waals surface area (Å²) in [7, 11) is 1.81. The van der Waals surface area contributed by atoms with Gasteiger partial charge >= 0.3 is 6.03 Å². The summed E-state index contributed by atoms with van der Waals surface area (Å²) >= 11 is 0. The number of pyridine rings is 1. The Kier molecular flexibility index (Phi) is 5.82. The van der Waals surface area contributed by atoms with Crippen molar-refractivity contribution < 1.29 is 18.4 Å². The number of carbonyl (C=O) groups is 1. The summed E-state index contributed by atoms with van der Waals surface area (Å²) in [6, 6.07) is 8.50. The molecule has 33 heavy (non-hydrogen) atoms. The normalized spacial score (nSPS) is 11.3. The average Bonchev–Trinajstić information content (AvgIpc) is 3.39. The first-order chi connectivity index (χ1) is 15.7. The summed E-state index contributed by atoms with van der Waals surface area (Å²) in [4.78, 5) is 16.5. The fourth-order valence-corrected chi connectivity index (χ4v) is 2.94. The van der Waals surface area contributed by atoms with Crippen LogP contribution in [0.15, 0.2) is 59.5 Å². The first kappa shape index (κ1) is 22.0. The van der Waals surface area contributed by atoms with Crippen molar-refractivity contribution in [2.24, 2.45) is 7.05 Å². The second-order valence-corrected chi connectivity index (χ2v) is 8.43. The van der Waals surface area contributed by atoms with Crippen LogP contribution in [0, 0.1) is 5.82 Å². The van der Waals surface area contributed by atoms with E-state index in [0.717, 1.165) is 5.56 Å². The third-order valence-corrected chi connectivity index (χ3v) is 4.66. The van der Waals surface area contributed by atoms with Crippen molar-refractivity contribution >= 4 is 17.6 Å². The van der Waals surface area contributed by atoms with Crippen molar-refractivity contribution in [2.45, 2.75) is 26.2 Å². The summed E-state index contributed by atoms with van der Waals surface area (Å²) in [5.74, 6) is -0.0160. The topological polar surface area (TPSA) is 107 Å². The van der Waals surface area contributed by atoms with Crippen molar-refractivity contribution in [1.29, 1.82) is 0 Å². The molecule has 0 aliphatic rings. The maximum atomic E-state index is 14.6. The van der Waals surface area contributed by atoms with Crippen molar-refractivity contribution in [1.82, 2.24) is 19.9 Å². The lowest BCUT2D eigenvalue weighted by Gasteiger charge is -2.12. The highest BCUT2D eigenvalue weighted by atomic mass is 19.1. The first-order valence-electron chi connectivity index (χ1n) is 10.1. The van der Waals surface area contributed by atoms with Crippen LogP contribution in [0.25, 0.3) is 11.3 Å². The fourth-order valence-electron chi connectivity index (χ4n) is 2.94. The van der Waals surface area contributed by atoms with Gasteiger partial charge < -0.3 is 14.6 Å². The number of benzene rings is 1. The zero-order valence-corrected chi connectivity index (χ0v) is 18.6. The van der Waals surface area contributed by atoms with Gasteiger partial charge in [-0.2, -0.15) is 5.10 Å². The van der Waals surface area contributed by atoms with Crippen LogP contribution in [0.5, 0.6) is 11.5 Å². The van der Waals surface area contributed by atoms with Crippen LogP contribution >= 0.6 is 0 Å². The van der Waals surface area contributed by atoms with E-state index in [4.69, 9.17) is 9.26 Å². The number of nitrogens with one attached hydrogen (secondary N) is 2. The number of hydrogen-bond acceptors (Lipinski definition) is 6. The summed E-state index contributed by atoms with van der Waals surface area (Å²) in [5.41, 5.74) is 2.20. The van der Waals surface area contributed by atoms with Gasteiger partial charge in [0, 0.05) is 54.3 Å². The molecule has 2 amide bonds. The molecule has 0 fully saturated rings. The van der Waals surface area contributed by atoms with Crippen molar-refractivity contribution in [2.75, 3.05) is 10.6 Å². The molecule has 3 aromatic heterocycles. The highest BCUT2D eigenvalue weighted by Gasteiger charge is 2.20. The molecule has 0 aliphatic carbocycles. The van der Waals surface area contributed by atoms with Crippen LogP contribution in [0.1, 0.15) is 26.5 Å².